The molecule has 0 amide bonds. The number of rotatable bonds is 5. The van der Waals surface area contributed by atoms with E-state index in [1.165, 1.54) is 13.3 Å². The molecule has 8 nitrogen and oxygen atoms in total. The third kappa shape index (κ3) is 3.24. The number of carboxylic acids is 1. The molecule has 1 aromatic carbocycles. The van der Waals surface area contributed by atoms with Crippen molar-refractivity contribution in [1.82, 2.24) is 4.57 Å². The van der Waals surface area contributed by atoms with Gasteiger partial charge in [0.05, 0.1) is 24.6 Å². The maximum absolute atomic E-state index is 15.2. The van der Waals surface area contributed by atoms with Crippen LogP contribution in [-0.4, -0.2) is 53.1 Å². The number of aromatic carboxylic acids is 1. The average molecular weight is 405 g/mol. The topological polar surface area (TPSA) is 118 Å². The Morgan fingerprint density at radius 2 is 2.03 bits per heavy atom. The maximum Gasteiger partial charge on any atom is 0.341 e. The first-order chi connectivity index (χ1) is 13.8. The summed E-state index contributed by atoms with van der Waals surface area (Å²) in [5.74, 6) is -1.77. The molecular formula is C20H24FN3O5. The van der Waals surface area contributed by atoms with Crippen LogP contribution in [0.5, 0.6) is 5.75 Å². The molecule has 2 fully saturated rings. The Hall–Kier alpha value is -2.65. The summed E-state index contributed by atoms with van der Waals surface area (Å²) in [5, 5.41) is 18.9. The third-order valence-electron chi connectivity index (χ3n) is 5.96. The highest BCUT2D eigenvalue weighted by molar-refractivity contribution is 5.97. The van der Waals surface area contributed by atoms with Crippen molar-refractivity contribution in [3.63, 3.8) is 0 Å². The standard InChI is InChI=1S/C20H24FN3O5/c1-29-18-15-12(17(26)13(19(27)28)9-24(15)11-2-3-11)8-14(21)16(18)23-6-4-20(22,10-25)5-7-23/h8-9,11,25H,2-7,10,22H2,1H3,(H,27,28). The summed E-state index contributed by atoms with van der Waals surface area (Å²) in [6.45, 7) is 0.713. The fourth-order valence-corrected chi connectivity index (χ4v) is 4.06. The second-order valence-corrected chi connectivity index (χ2v) is 7.96. The van der Waals surface area contributed by atoms with Gasteiger partial charge in [0.2, 0.25) is 5.43 Å². The Balaban J connectivity index is 1.93. The molecule has 2 heterocycles. The molecule has 0 bridgehead atoms. The van der Waals surface area contributed by atoms with E-state index in [1.54, 1.807) is 9.47 Å². The molecule has 2 aromatic rings. The van der Waals surface area contributed by atoms with E-state index in [0.29, 0.717) is 31.4 Å². The molecule has 4 rings (SSSR count). The van der Waals surface area contributed by atoms with Crippen LogP contribution in [0.1, 0.15) is 42.1 Å². The maximum atomic E-state index is 15.2. The predicted octanol–water partition coefficient (Wildman–Crippen LogP) is 1.47. The number of fused-ring (bicyclic) bond motifs is 1. The summed E-state index contributed by atoms with van der Waals surface area (Å²) >= 11 is 0. The quantitative estimate of drug-likeness (QED) is 0.689. The lowest BCUT2D eigenvalue weighted by molar-refractivity contribution is 0.0695. The molecule has 1 saturated heterocycles. The molecular weight excluding hydrogens is 381 g/mol. The number of piperidine rings is 1. The minimum atomic E-state index is -1.34. The molecule has 1 aliphatic carbocycles. The molecule has 0 atom stereocenters. The Morgan fingerprint density at radius 3 is 2.55 bits per heavy atom. The summed E-state index contributed by atoms with van der Waals surface area (Å²) in [5.41, 5.74) is 4.97. The monoisotopic (exact) mass is 405 g/mol. The normalized spacial score (nSPS) is 18.8. The number of nitrogens with two attached hydrogens (primary N) is 1. The van der Waals surface area contributed by atoms with Gasteiger partial charge in [-0.3, -0.25) is 4.79 Å². The van der Waals surface area contributed by atoms with E-state index in [0.717, 1.165) is 18.9 Å². The van der Waals surface area contributed by atoms with E-state index in [1.807, 2.05) is 0 Å². The van der Waals surface area contributed by atoms with Crippen LogP contribution in [0.4, 0.5) is 10.1 Å². The van der Waals surface area contributed by atoms with Crippen LogP contribution in [0.25, 0.3) is 10.9 Å². The van der Waals surface area contributed by atoms with Gasteiger partial charge >= 0.3 is 5.97 Å². The van der Waals surface area contributed by atoms with Crippen molar-refractivity contribution in [1.29, 1.82) is 0 Å². The number of hydrogen-bond donors (Lipinski definition) is 3. The van der Waals surface area contributed by atoms with Gasteiger partial charge in [-0.25, -0.2) is 9.18 Å². The Labute approximate surface area is 166 Å². The van der Waals surface area contributed by atoms with Crippen LogP contribution in [0.2, 0.25) is 0 Å². The van der Waals surface area contributed by atoms with Gasteiger partial charge in [-0.1, -0.05) is 0 Å². The van der Waals surface area contributed by atoms with Gasteiger partial charge in [0, 0.05) is 30.9 Å². The molecule has 29 heavy (non-hydrogen) atoms. The van der Waals surface area contributed by atoms with Gasteiger partial charge < -0.3 is 30.2 Å². The molecule has 2 aliphatic rings. The van der Waals surface area contributed by atoms with Crippen LogP contribution >= 0.6 is 0 Å². The van der Waals surface area contributed by atoms with E-state index in [9.17, 15) is 19.8 Å². The Kier molecular flexibility index (Phi) is 4.74. The number of aliphatic hydroxyl groups is 1. The molecule has 0 spiro atoms. The highest BCUT2D eigenvalue weighted by Crippen LogP contribution is 2.44. The third-order valence-corrected chi connectivity index (χ3v) is 5.96. The van der Waals surface area contributed by atoms with Crippen molar-refractivity contribution >= 4 is 22.6 Å². The van der Waals surface area contributed by atoms with E-state index in [4.69, 9.17) is 10.5 Å². The summed E-state index contributed by atoms with van der Waals surface area (Å²) in [6, 6.07) is 1.16. The minimum Gasteiger partial charge on any atom is -0.492 e. The average Bonchev–Trinajstić information content (AvgIpc) is 3.53. The van der Waals surface area contributed by atoms with Crippen molar-refractivity contribution in [2.75, 3.05) is 31.7 Å². The number of carbonyl (C=O) groups is 1. The van der Waals surface area contributed by atoms with Crippen molar-refractivity contribution in [3.8, 4) is 5.75 Å². The molecule has 156 valence electrons. The number of anilines is 1. The molecule has 1 aromatic heterocycles. The van der Waals surface area contributed by atoms with Crippen molar-refractivity contribution in [2.24, 2.45) is 5.73 Å². The van der Waals surface area contributed by atoms with Gasteiger partial charge in [0.15, 0.2) is 11.6 Å². The molecule has 1 aliphatic heterocycles. The zero-order chi connectivity index (χ0) is 20.9. The van der Waals surface area contributed by atoms with E-state index < -0.39 is 22.8 Å². The lowest BCUT2D eigenvalue weighted by Gasteiger charge is -2.39. The Bertz CT molecular complexity index is 1040. The van der Waals surface area contributed by atoms with E-state index in [-0.39, 0.29) is 35.0 Å². The number of hydrogen-bond acceptors (Lipinski definition) is 6. The second kappa shape index (κ2) is 7.00. The lowest BCUT2D eigenvalue weighted by Crippen LogP contribution is -2.53. The van der Waals surface area contributed by atoms with Gasteiger partial charge in [-0.05, 0) is 31.7 Å². The zero-order valence-corrected chi connectivity index (χ0v) is 16.2. The van der Waals surface area contributed by atoms with Gasteiger partial charge in [0.25, 0.3) is 0 Å². The van der Waals surface area contributed by atoms with Gasteiger partial charge in [0.1, 0.15) is 11.3 Å². The zero-order valence-electron chi connectivity index (χ0n) is 16.2. The fraction of sp³-hybridized carbons (Fsp3) is 0.500. The number of pyridine rings is 1. The number of aromatic nitrogens is 1. The summed E-state index contributed by atoms with van der Waals surface area (Å²) < 4.78 is 22.5. The van der Waals surface area contributed by atoms with Crippen molar-refractivity contribution < 1.29 is 24.1 Å². The van der Waals surface area contributed by atoms with Gasteiger partial charge in [-0.2, -0.15) is 0 Å². The first-order valence-corrected chi connectivity index (χ1v) is 9.63. The number of benzene rings is 1. The van der Waals surface area contributed by atoms with Crippen molar-refractivity contribution in [3.05, 3.63) is 33.9 Å². The van der Waals surface area contributed by atoms with Crippen molar-refractivity contribution in [2.45, 2.75) is 37.3 Å². The molecule has 0 radical (unpaired) electrons. The number of aliphatic hydroxyl groups excluding tert-OH is 1. The molecule has 0 unspecified atom stereocenters. The Morgan fingerprint density at radius 1 is 1.38 bits per heavy atom. The van der Waals surface area contributed by atoms with E-state index in [2.05, 4.69) is 0 Å². The number of nitrogens with zero attached hydrogens (tertiary/aromatic N) is 2. The van der Waals surface area contributed by atoms with Gasteiger partial charge in [-0.15, -0.1) is 0 Å². The molecule has 4 N–H and O–H groups in total. The lowest BCUT2D eigenvalue weighted by atomic mass is 9.89. The predicted molar refractivity (Wildman–Crippen MR) is 105 cm³/mol. The van der Waals surface area contributed by atoms with Crippen LogP contribution in [0, 0.1) is 5.82 Å². The van der Waals surface area contributed by atoms with Crippen LogP contribution in [-0.2, 0) is 0 Å². The van der Waals surface area contributed by atoms with Crippen LogP contribution < -0.4 is 20.8 Å². The highest BCUT2D eigenvalue weighted by atomic mass is 19.1. The number of halogens is 1. The minimum absolute atomic E-state index is 0.00422. The fourth-order valence-electron chi connectivity index (χ4n) is 4.06. The number of ether oxygens (including phenoxy) is 1. The summed E-state index contributed by atoms with van der Waals surface area (Å²) in [6.07, 6.45) is 4.00. The highest BCUT2D eigenvalue weighted by Gasteiger charge is 2.35. The smallest absolute Gasteiger partial charge is 0.341 e. The molecule has 1 saturated carbocycles. The number of methoxy groups -OCH3 is 1. The molecule has 9 heteroatoms. The summed E-state index contributed by atoms with van der Waals surface area (Å²) in [7, 11) is 1.41. The first-order valence-electron chi connectivity index (χ1n) is 9.63. The van der Waals surface area contributed by atoms with Crippen LogP contribution in [0.15, 0.2) is 17.1 Å². The van der Waals surface area contributed by atoms with E-state index >= 15 is 4.39 Å². The first kappa shape index (κ1) is 19.7. The SMILES string of the molecule is COc1c(N2CCC(N)(CO)CC2)c(F)cc2c(=O)c(C(=O)O)cn(C3CC3)c12. The number of carboxylic acid groups (broad SMARTS) is 1. The largest absolute Gasteiger partial charge is 0.492 e. The van der Waals surface area contributed by atoms with Crippen LogP contribution in [0.3, 0.4) is 0 Å². The summed E-state index contributed by atoms with van der Waals surface area (Å²) in [4.78, 5) is 26.1. The second-order valence-electron chi connectivity index (χ2n) is 7.96.